The Morgan fingerprint density at radius 3 is 2.78 bits per heavy atom. The molecule has 0 aliphatic rings. The molecule has 0 saturated carbocycles. The molecule has 2 aromatic heterocycles. The number of nitrogens with zero attached hydrogens (tertiary/aromatic N) is 2. The average Bonchev–Trinajstić information content (AvgIpc) is 2.72. The maximum atomic E-state index is 11.9. The molecule has 0 bridgehead atoms. The van der Waals surface area contributed by atoms with Gasteiger partial charge in [-0.25, -0.2) is 14.3 Å². The number of hydrogen-bond acceptors (Lipinski definition) is 3. The zero-order valence-corrected chi connectivity index (χ0v) is 10.4. The molecule has 0 aromatic carbocycles. The largest absolute Gasteiger partial charge is 0.357 e. The summed E-state index contributed by atoms with van der Waals surface area (Å²) < 4.78 is 3.17. The number of aryl methyl sites for hydroxylation is 2. The maximum Gasteiger partial charge on any atom is 0.357 e. The van der Waals surface area contributed by atoms with E-state index in [0.29, 0.717) is 30.2 Å². The predicted molar refractivity (Wildman–Crippen MR) is 68.7 cm³/mol. The molecule has 0 radical (unpaired) electrons. The molecule has 0 aliphatic carbocycles. The predicted octanol–water partition coefficient (Wildman–Crippen LogP) is -0.540. The van der Waals surface area contributed by atoms with E-state index in [1.54, 1.807) is 17.7 Å². The number of aromatic amines is 2. The monoisotopic (exact) mass is 250 g/mol. The van der Waals surface area contributed by atoms with E-state index in [4.69, 9.17) is 0 Å². The van der Waals surface area contributed by atoms with Crippen LogP contribution in [-0.4, -0.2) is 21.1 Å². The minimum absolute atomic E-state index is 0.391. The number of rotatable bonds is 4. The fourth-order valence-corrected chi connectivity index (χ4v) is 1.92. The molecule has 3 N–H and O–H groups in total. The summed E-state index contributed by atoms with van der Waals surface area (Å²) >= 11 is 0. The highest BCUT2D eigenvalue weighted by molar-refractivity contribution is 5.67. The Labute approximate surface area is 103 Å². The third kappa shape index (κ3) is 1.73. The van der Waals surface area contributed by atoms with Gasteiger partial charge < -0.3 is 0 Å². The first-order chi connectivity index (χ1) is 8.60. The first kappa shape index (κ1) is 12.2. The van der Waals surface area contributed by atoms with Gasteiger partial charge in [-0.1, -0.05) is 12.7 Å². The second-order valence-corrected chi connectivity index (χ2v) is 3.90. The number of nitrogens with one attached hydrogen (secondary N) is 3. The van der Waals surface area contributed by atoms with Crippen LogP contribution in [0.1, 0.15) is 6.92 Å². The van der Waals surface area contributed by atoms with Crippen LogP contribution < -0.4 is 21.1 Å². The van der Waals surface area contributed by atoms with Crippen molar-refractivity contribution in [3.8, 4) is 0 Å². The quantitative estimate of drug-likeness (QED) is 0.503. The summed E-state index contributed by atoms with van der Waals surface area (Å²) in [5.74, 6) is 0.680. The number of H-pyrrole nitrogens is 2. The van der Waals surface area contributed by atoms with Crippen LogP contribution in [0.2, 0.25) is 0 Å². The van der Waals surface area contributed by atoms with Crippen LogP contribution in [0.3, 0.4) is 0 Å². The lowest BCUT2D eigenvalue weighted by Gasteiger charge is -1.98. The fraction of sp³-hybridized carbons (Fsp3) is 0.364. The number of anilines is 1. The molecular weight excluding hydrogens is 234 g/mol. The van der Waals surface area contributed by atoms with Gasteiger partial charge >= 0.3 is 11.6 Å². The Kier molecular flexibility index (Phi) is 3.05. The number of hydrogen-bond donors (Lipinski definition) is 3. The summed E-state index contributed by atoms with van der Waals surface area (Å²) in [7, 11) is 1.61. The molecule has 2 rings (SSSR count). The molecule has 0 unspecified atom stereocenters. The highest BCUT2D eigenvalue weighted by atomic mass is 16.2. The summed E-state index contributed by atoms with van der Waals surface area (Å²) in [6.45, 7) is 6.73. The third-order valence-corrected chi connectivity index (χ3v) is 2.81. The Bertz CT molecular complexity index is 707. The minimum Gasteiger partial charge on any atom is -0.274 e. The lowest BCUT2D eigenvalue weighted by atomic mass is 10.5. The maximum absolute atomic E-state index is 11.9. The van der Waals surface area contributed by atoms with E-state index < -0.39 is 11.2 Å². The first-order valence-corrected chi connectivity index (χ1v) is 5.69. The van der Waals surface area contributed by atoms with Gasteiger partial charge in [0, 0.05) is 7.05 Å². The van der Waals surface area contributed by atoms with Crippen LogP contribution in [0, 0.1) is 0 Å². The van der Waals surface area contributed by atoms with E-state index in [2.05, 4.69) is 21.9 Å². The van der Waals surface area contributed by atoms with Crippen LogP contribution in [0.4, 0.5) is 5.95 Å². The van der Waals surface area contributed by atoms with Crippen molar-refractivity contribution < 1.29 is 4.57 Å². The Balaban J connectivity index is 2.80. The van der Waals surface area contributed by atoms with E-state index >= 15 is 0 Å². The number of imidazole rings is 1. The molecule has 0 aliphatic heterocycles. The van der Waals surface area contributed by atoms with Gasteiger partial charge in [-0.15, -0.1) is 0 Å². The lowest BCUT2D eigenvalue weighted by Crippen LogP contribution is -2.40. The van der Waals surface area contributed by atoms with Crippen molar-refractivity contribution >= 4 is 17.1 Å². The normalized spacial score (nSPS) is 10.8. The van der Waals surface area contributed by atoms with Gasteiger partial charge in [-0.05, 0) is 6.92 Å². The SMILES string of the molecule is C=CCNc1[nH]c2c(c(=O)[nH]c(=O)n2C)[n+]1CC. The zero-order chi connectivity index (χ0) is 13.3. The second kappa shape index (κ2) is 4.52. The van der Waals surface area contributed by atoms with Gasteiger partial charge in [0.2, 0.25) is 11.2 Å². The number of aromatic nitrogens is 4. The van der Waals surface area contributed by atoms with Crippen LogP contribution in [0.15, 0.2) is 22.2 Å². The van der Waals surface area contributed by atoms with Crippen molar-refractivity contribution in [1.29, 1.82) is 0 Å². The summed E-state index contributed by atoms with van der Waals surface area (Å²) in [4.78, 5) is 28.7. The van der Waals surface area contributed by atoms with Gasteiger partial charge in [0.05, 0.1) is 13.1 Å². The van der Waals surface area contributed by atoms with Crippen LogP contribution in [0.25, 0.3) is 11.2 Å². The highest BCUT2D eigenvalue weighted by Gasteiger charge is 2.21. The summed E-state index contributed by atoms with van der Waals surface area (Å²) in [5.41, 5.74) is 0.119. The van der Waals surface area contributed by atoms with Crippen molar-refractivity contribution in [3.05, 3.63) is 33.5 Å². The van der Waals surface area contributed by atoms with Crippen molar-refractivity contribution in [2.24, 2.45) is 7.05 Å². The molecule has 96 valence electrons. The zero-order valence-electron chi connectivity index (χ0n) is 10.4. The van der Waals surface area contributed by atoms with Crippen LogP contribution in [0.5, 0.6) is 0 Å². The number of fused-ring (bicyclic) bond motifs is 1. The molecule has 2 heterocycles. The topological polar surface area (TPSA) is 86.6 Å². The molecule has 2 aromatic rings. The summed E-state index contributed by atoms with van der Waals surface area (Å²) in [5, 5.41) is 3.10. The van der Waals surface area contributed by atoms with Crippen molar-refractivity contribution in [1.82, 2.24) is 14.5 Å². The smallest absolute Gasteiger partial charge is 0.274 e. The van der Waals surface area contributed by atoms with Crippen molar-refractivity contribution in [2.45, 2.75) is 13.5 Å². The molecule has 0 saturated heterocycles. The minimum atomic E-state index is -0.438. The molecule has 0 amide bonds. The molecule has 0 spiro atoms. The van der Waals surface area contributed by atoms with Gasteiger partial charge in [0.15, 0.2) is 0 Å². The van der Waals surface area contributed by atoms with Crippen molar-refractivity contribution in [2.75, 3.05) is 11.9 Å². The highest BCUT2D eigenvalue weighted by Crippen LogP contribution is 2.05. The Morgan fingerprint density at radius 2 is 2.17 bits per heavy atom. The van der Waals surface area contributed by atoms with Crippen LogP contribution in [-0.2, 0) is 13.6 Å². The molecule has 7 nitrogen and oxygen atoms in total. The van der Waals surface area contributed by atoms with E-state index in [1.165, 1.54) is 4.57 Å². The Hall–Kier alpha value is -2.31. The molecule has 18 heavy (non-hydrogen) atoms. The first-order valence-electron chi connectivity index (χ1n) is 5.69. The Morgan fingerprint density at radius 1 is 1.44 bits per heavy atom. The lowest BCUT2D eigenvalue weighted by molar-refractivity contribution is -0.653. The molecule has 0 fully saturated rings. The molecule has 0 atom stereocenters. The van der Waals surface area contributed by atoms with E-state index in [9.17, 15) is 9.59 Å². The van der Waals surface area contributed by atoms with Gasteiger partial charge in [0.1, 0.15) is 0 Å². The van der Waals surface area contributed by atoms with E-state index in [1.807, 2.05) is 6.92 Å². The molecule has 7 heteroatoms. The third-order valence-electron chi connectivity index (χ3n) is 2.81. The van der Waals surface area contributed by atoms with E-state index in [-0.39, 0.29) is 0 Å². The van der Waals surface area contributed by atoms with Gasteiger partial charge in [-0.3, -0.25) is 19.7 Å². The van der Waals surface area contributed by atoms with Gasteiger partial charge in [0.25, 0.3) is 5.56 Å². The summed E-state index contributed by atoms with van der Waals surface area (Å²) in [6.07, 6.45) is 1.72. The fourth-order valence-electron chi connectivity index (χ4n) is 1.92. The summed E-state index contributed by atoms with van der Waals surface area (Å²) in [6, 6.07) is 0. The van der Waals surface area contributed by atoms with Crippen LogP contribution >= 0.6 is 0 Å². The second-order valence-electron chi connectivity index (χ2n) is 3.90. The van der Waals surface area contributed by atoms with Crippen molar-refractivity contribution in [3.63, 3.8) is 0 Å². The molecular formula is C11H16N5O2+. The average molecular weight is 250 g/mol. The standard InChI is InChI=1S/C11H15N5O2/c1-4-6-12-10-13-8-7(16(10)5-2)9(17)14-11(18)15(8)3/h4H,1,5-6H2,2-3H3,(H2,12,13,14,17,18)/p+1. The van der Waals surface area contributed by atoms with Gasteiger partial charge in [-0.2, -0.15) is 0 Å². The van der Waals surface area contributed by atoms with E-state index in [0.717, 1.165) is 0 Å².